The number of nitrogens with one attached hydrogen (secondary N) is 2. The third-order valence-corrected chi connectivity index (χ3v) is 6.82. The number of nitrogens with zero attached hydrogens (tertiary/aromatic N) is 1. The summed E-state index contributed by atoms with van der Waals surface area (Å²) in [6.07, 6.45) is 11.7. The normalized spacial score (nSPS) is 18.7. The molecule has 2 aliphatic rings. The van der Waals surface area contributed by atoms with Gasteiger partial charge in [-0.25, -0.2) is 4.98 Å². The number of thiophene rings is 1. The first kappa shape index (κ1) is 16.8. The smallest absolute Gasteiger partial charge is 0.225 e. The largest absolute Gasteiger partial charge is 0.338 e. The number of hydrogen-bond acceptors (Lipinski definition) is 3. The van der Waals surface area contributed by atoms with Crippen molar-refractivity contribution in [1.29, 1.82) is 0 Å². The number of rotatable bonds is 4. The Hall–Kier alpha value is -2.40. The summed E-state index contributed by atoms with van der Waals surface area (Å²) in [5.41, 5.74) is 4.50. The van der Waals surface area contributed by atoms with Crippen LogP contribution in [0.5, 0.6) is 0 Å². The number of H-pyrrole nitrogens is 1. The average Bonchev–Trinajstić information content (AvgIpc) is 3.38. The van der Waals surface area contributed by atoms with Gasteiger partial charge in [0.15, 0.2) is 0 Å². The van der Waals surface area contributed by atoms with Gasteiger partial charge in [0.1, 0.15) is 10.8 Å². The van der Waals surface area contributed by atoms with Crippen LogP contribution in [-0.2, 0) is 17.6 Å². The van der Waals surface area contributed by atoms with Gasteiger partial charge < -0.3 is 10.3 Å². The number of aromatic amines is 1. The summed E-state index contributed by atoms with van der Waals surface area (Å²) >= 11 is 1.74. The number of fused-ring (bicyclic) bond motifs is 2. The van der Waals surface area contributed by atoms with Crippen LogP contribution in [0.3, 0.4) is 0 Å². The Bertz CT molecular complexity index is 997. The SMILES string of the molecule is O=C(CC1C=CCC1)Nc1sc2c(c1-c1nc3ccccc3[nH]1)CCCC2. The van der Waals surface area contributed by atoms with Crippen molar-refractivity contribution in [2.24, 2.45) is 5.92 Å². The fourth-order valence-corrected chi connectivity index (χ4v) is 5.56. The predicted molar refractivity (Wildman–Crippen MR) is 111 cm³/mol. The molecule has 138 valence electrons. The van der Waals surface area contributed by atoms with Gasteiger partial charge in [0.05, 0.1) is 16.6 Å². The number of imidazole rings is 1. The molecule has 0 bridgehead atoms. The fraction of sp³-hybridized carbons (Fsp3) is 0.364. The number of hydrogen-bond donors (Lipinski definition) is 2. The highest BCUT2D eigenvalue weighted by Gasteiger charge is 2.25. The molecular formula is C22H23N3OS. The molecule has 0 saturated heterocycles. The molecule has 2 heterocycles. The van der Waals surface area contributed by atoms with E-state index in [1.165, 1.54) is 23.3 Å². The average molecular weight is 378 g/mol. The molecule has 2 aliphatic carbocycles. The van der Waals surface area contributed by atoms with Gasteiger partial charge in [0.25, 0.3) is 0 Å². The van der Waals surface area contributed by atoms with Crippen molar-refractivity contribution in [3.05, 3.63) is 46.9 Å². The van der Waals surface area contributed by atoms with E-state index in [1.807, 2.05) is 18.2 Å². The molecule has 1 atom stereocenters. The van der Waals surface area contributed by atoms with E-state index in [2.05, 4.69) is 28.5 Å². The molecule has 27 heavy (non-hydrogen) atoms. The molecule has 1 unspecified atom stereocenters. The highest BCUT2D eigenvalue weighted by atomic mass is 32.1. The van der Waals surface area contributed by atoms with Gasteiger partial charge in [-0.3, -0.25) is 4.79 Å². The number of para-hydroxylation sites is 2. The molecule has 2 aromatic heterocycles. The van der Waals surface area contributed by atoms with Crippen molar-refractivity contribution in [3.63, 3.8) is 0 Å². The van der Waals surface area contributed by atoms with E-state index < -0.39 is 0 Å². The second-order valence-electron chi connectivity index (χ2n) is 7.54. The molecule has 0 fully saturated rings. The molecule has 0 saturated carbocycles. The van der Waals surface area contributed by atoms with Crippen LogP contribution in [0.1, 0.15) is 42.5 Å². The molecule has 0 aliphatic heterocycles. The predicted octanol–water partition coefficient (Wildman–Crippen LogP) is 5.47. The first-order valence-electron chi connectivity index (χ1n) is 9.84. The van der Waals surface area contributed by atoms with Gasteiger partial charge in [0.2, 0.25) is 5.91 Å². The zero-order valence-electron chi connectivity index (χ0n) is 15.3. The quantitative estimate of drug-likeness (QED) is 0.593. The van der Waals surface area contributed by atoms with E-state index in [9.17, 15) is 4.79 Å². The molecule has 5 rings (SSSR count). The van der Waals surface area contributed by atoms with Crippen molar-refractivity contribution in [2.75, 3.05) is 5.32 Å². The summed E-state index contributed by atoms with van der Waals surface area (Å²) in [5.74, 6) is 1.38. The lowest BCUT2D eigenvalue weighted by Crippen LogP contribution is -2.14. The van der Waals surface area contributed by atoms with Crippen LogP contribution in [0.4, 0.5) is 5.00 Å². The topological polar surface area (TPSA) is 57.8 Å². The Labute approximate surface area is 162 Å². The van der Waals surface area contributed by atoms with Gasteiger partial charge in [0, 0.05) is 11.3 Å². The van der Waals surface area contributed by atoms with E-state index in [0.717, 1.165) is 53.1 Å². The third-order valence-electron chi connectivity index (χ3n) is 5.61. The first-order chi connectivity index (χ1) is 13.3. The number of anilines is 1. The Kier molecular flexibility index (Phi) is 4.32. The maximum atomic E-state index is 12.7. The van der Waals surface area contributed by atoms with Crippen molar-refractivity contribution >= 4 is 33.3 Å². The van der Waals surface area contributed by atoms with Crippen LogP contribution in [0.2, 0.25) is 0 Å². The molecule has 2 N–H and O–H groups in total. The molecule has 0 spiro atoms. The number of carbonyl (C=O) groups is 1. The van der Waals surface area contributed by atoms with Gasteiger partial charge in [-0.1, -0.05) is 24.3 Å². The van der Waals surface area contributed by atoms with E-state index >= 15 is 0 Å². The summed E-state index contributed by atoms with van der Waals surface area (Å²) in [7, 11) is 0. The minimum absolute atomic E-state index is 0.113. The number of amides is 1. The Balaban J connectivity index is 1.51. The number of carbonyl (C=O) groups excluding carboxylic acids is 1. The zero-order valence-corrected chi connectivity index (χ0v) is 16.1. The molecule has 1 amide bonds. The van der Waals surface area contributed by atoms with Crippen LogP contribution < -0.4 is 5.32 Å². The summed E-state index contributed by atoms with van der Waals surface area (Å²) in [6, 6.07) is 8.10. The Morgan fingerprint density at radius 3 is 3.00 bits per heavy atom. The maximum absolute atomic E-state index is 12.7. The van der Waals surface area contributed by atoms with Crippen molar-refractivity contribution in [1.82, 2.24) is 9.97 Å². The molecular weight excluding hydrogens is 354 g/mol. The number of benzene rings is 1. The summed E-state index contributed by atoms with van der Waals surface area (Å²) in [6.45, 7) is 0. The van der Waals surface area contributed by atoms with Gasteiger partial charge >= 0.3 is 0 Å². The maximum Gasteiger partial charge on any atom is 0.225 e. The van der Waals surface area contributed by atoms with E-state index in [4.69, 9.17) is 4.98 Å². The van der Waals surface area contributed by atoms with Crippen LogP contribution in [0.15, 0.2) is 36.4 Å². The number of aryl methyl sites for hydroxylation is 1. The fourth-order valence-electron chi connectivity index (χ4n) is 4.26. The van der Waals surface area contributed by atoms with E-state index in [1.54, 1.807) is 11.3 Å². The minimum atomic E-state index is 0.113. The van der Waals surface area contributed by atoms with Gasteiger partial charge in [-0.2, -0.15) is 0 Å². The molecule has 1 aromatic carbocycles. The third kappa shape index (κ3) is 3.21. The van der Waals surface area contributed by atoms with Gasteiger partial charge in [-0.15, -0.1) is 11.3 Å². The van der Waals surface area contributed by atoms with Crippen molar-refractivity contribution in [2.45, 2.75) is 44.9 Å². The monoisotopic (exact) mass is 377 g/mol. The lowest BCUT2D eigenvalue weighted by Gasteiger charge is -2.12. The highest BCUT2D eigenvalue weighted by molar-refractivity contribution is 7.17. The second-order valence-corrected chi connectivity index (χ2v) is 8.64. The number of aromatic nitrogens is 2. The van der Waals surface area contributed by atoms with Crippen LogP contribution in [-0.4, -0.2) is 15.9 Å². The lowest BCUT2D eigenvalue weighted by molar-refractivity contribution is -0.116. The van der Waals surface area contributed by atoms with Crippen LogP contribution in [0, 0.1) is 5.92 Å². The lowest BCUT2D eigenvalue weighted by atomic mass is 9.95. The highest BCUT2D eigenvalue weighted by Crippen LogP contribution is 2.43. The van der Waals surface area contributed by atoms with E-state index in [0.29, 0.717) is 12.3 Å². The van der Waals surface area contributed by atoms with Crippen molar-refractivity contribution < 1.29 is 4.79 Å². The Morgan fingerprint density at radius 1 is 1.26 bits per heavy atom. The van der Waals surface area contributed by atoms with Crippen LogP contribution in [0.25, 0.3) is 22.4 Å². The van der Waals surface area contributed by atoms with Crippen molar-refractivity contribution in [3.8, 4) is 11.4 Å². The molecule has 3 aromatic rings. The summed E-state index contributed by atoms with van der Waals surface area (Å²) in [5, 5.41) is 4.19. The van der Waals surface area contributed by atoms with E-state index in [-0.39, 0.29) is 5.91 Å². The number of allylic oxidation sites excluding steroid dienone is 2. The second kappa shape index (κ2) is 6.97. The molecule has 4 nitrogen and oxygen atoms in total. The Morgan fingerprint density at radius 2 is 2.15 bits per heavy atom. The summed E-state index contributed by atoms with van der Waals surface area (Å²) in [4.78, 5) is 22.4. The first-order valence-corrected chi connectivity index (χ1v) is 10.7. The molecule has 5 heteroatoms. The standard InChI is InChI=1S/C22H23N3OS/c26-19(13-14-7-1-2-8-14)25-22-20(15-9-3-6-12-18(15)27-22)21-23-16-10-4-5-11-17(16)24-21/h1,4-5,7,10-11,14H,2-3,6,8-9,12-13H2,(H,23,24)(H,25,26). The molecule has 0 radical (unpaired) electrons. The minimum Gasteiger partial charge on any atom is -0.338 e. The van der Waals surface area contributed by atoms with Crippen LogP contribution >= 0.6 is 11.3 Å². The van der Waals surface area contributed by atoms with Gasteiger partial charge in [-0.05, 0) is 62.1 Å². The summed E-state index contributed by atoms with van der Waals surface area (Å²) < 4.78 is 0. The zero-order chi connectivity index (χ0) is 18.2.